The molecule has 1 aliphatic rings. The highest BCUT2D eigenvalue weighted by Gasteiger charge is 2.39. The lowest BCUT2D eigenvalue weighted by molar-refractivity contribution is -0.145. The van der Waals surface area contributed by atoms with Crippen LogP contribution in [0.2, 0.25) is 0 Å². The molecule has 0 bridgehead atoms. The van der Waals surface area contributed by atoms with Crippen LogP contribution < -0.4 is 20.1 Å². The van der Waals surface area contributed by atoms with Gasteiger partial charge in [-0.15, -0.1) is 0 Å². The van der Waals surface area contributed by atoms with Gasteiger partial charge in [-0.05, 0) is 40.5 Å². The van der Waals surface area contributed by atoms with Crippen LogP contribution in [-0.4, -0.2) is 32.3 Å². The fraction of sp³-hybridized carbons (Fsp3) is 0.333. The number of urea groups is 1. The summed E-state index contributed by atoms with van der Waals surface area (Å²) in [6.07, 6.45) is 1.63. The standard InChI is InChI=1S/C18H21BrN2O5/c1-5-7-26-16-12(19)8-11(9-13(16)25-6-2)15-14(17(22)24-4)10(3)20-18(23)21-15/h5,8-9,14-15H,1,3,6-7H2,2,4H3,(H2,20,21,23)/t14-,15-/m0/s1. The number of hydrogen-bond acceptors (Lipinski definition) is 5. The number of hydrogen-bond donors (Lipinski definition) is 2. The van der Waals surface area contributed by atoms with E-state index >= 15 is 0 Å². The zero-order valence-corrected chi connectivity index (χ0v) is 16.2. The van der Waals surface area contributed by atoms with Crippen LogP contribution in [0.1, 0.15) is 18.5 Å². The summed E-state index contributed by atoms with van der Waals surface area (Å²) in [5, 5.41) is 5.26. The second-order valence-corrected chi connectivity index (χ2v) is 6.32. The molecule has 1 heterocycles. The Balaban J connectivity index is 2.49. The number of nitrogens with one attached hydrogen (secondary N) is 2. The van der Waals surface area contributed by atoms with Gasteiger partial charge in [0.15, 0.2) is 11.5 Å². The fourth-order valence-electron chi connectivity index (χ4n) is 2.68. The van der Waals surface area contributed by atoms with E-state index in [9.17, 15) is 9.59 Å². The zero-order chi connectivity index (χ0) is 19.3. The zero-order valence-electron chi connectivity index (χ0n) is 14.6. The van der Waals surface area contributed by atoms with Gasteiger partial charge in [-0.25, -0.2) is 4.79 Å². The highest BCUT2D eigenvalue weighted by atomic mass is 79.9. The van der Waals surface area contributed by atoms with Crippen molar-refractivity contribution < 1.29 is 23.8 Å². The average Bonchev–Trinajstić information content (AvgIpc) is 2.60. The second kappa shape index (κ2) is 8.75. The first kappa shape index (κ1) is 19.8. The van der Waals surface area contributed by atoms with Crippen LogP contribution in [0, 0.1) is 5.92 Å². The Bertz CT molecular complexity index is 735. The summed E-state index contributed by atoms with van der Waals surface area (Å²) in [7, 11) is 1.29. The predicted molar refractivity (Wildman–Crippen MR) is 100 cm³/mol. The van der Waals surface area contributed by atoms with Gasteiger partial charge >= 0.3 is 12.0 Å². The molecule has 0 aliphatic carbocycles. The summed E-state index contributed by atoms with van der Waals surface area (Å²) >= 11 is 3.46. The molecule has 0 unspecified atom stereocenters. The van der Waals surface area contributed by atoms with Gasteiger partial charge in [0.1, 0.15) is 12.5 Å². The molecule has 0 saturated carbocycles. The summed E-state index contributed by atoms with van der Waals surface area (Å²) in [4.78, 5) is 24.1. The van der Waals surface area contributed by atoms with Crippen molar-refractivity contribution in [1.82, 2.24) is 10.6 Å². The summed E-state index contributed by atoms with van der Waals surface area (Å²) in [5.41, 5.74) is 0.921. The number of rotatable bonds is 7. The van der Waals surface area contributed by atoms with Crippen molar-refractivity contribution >= 4 is 27.9 Å². The van der Waals surface area contributed by atoms with Crippen molar-refractivity contribution in [3.63, 3.8) is 0 Å². The third kappa shape index (κ3) is 4.19. The predicted octanol–water partition coefficient (Wildman–Crippen LogP) is 3.07. The molecule has 7 nitrogen and oxygen atoms in total. The molecular weight excluding hydrogens is 404 g/mol. The van der Waals surface area contributed by atoms with E-state index in [2.05, 4.69) is 39.7 Å². The molecular formula is C18H21BrN2O5. The van der Waals surface area contributed by atoms with E-state index < -0.39 is 24.0 Å². The number of esters is 1. The monoisotopic (exact) mass is 424 g/mol. The van der Waals surface area contributed by atoms with Gasteiger partial charge in [0, 0.05) is 5.70 Å². The Kier molecular flexibility index (Phi) is 6.68. The molecule has 1 fully saturated rings. The van der Waals surface area contributed by atoms with Crippen LogP contribution in [0.3, 0.4) is 0 Å². The minimum atomic E-state index is -0.779. The smallest absolute Gasteiger partial charge is 0.319 e. The van der Waals surface area contributed by atoms with Gasteiger partial charge in [0.05, 0.1) is 24.2 Å². The largest absolute Gasteiger partial charge is 0.490 e. The Morgan fingerprint density at radius 3 is 2.73 bits per heavy atom. The molecule has 1 aromatic rings. The Morgan fingerprint density at radius 1 is 1.38 bits per heavy atom. The number of amides is 2. The fourth-order valence-corrected chi connectivity index (χ4v) is 3.25. The third-order valence-corrected chi connectivity index (χ3v) is 4.35. The van der Waals surface area contributed by atoms with Crippen LogP contribution in [0.4, 0.5) is 4.79 Å². The van der Waals surface area contributed by atoms with E-state index in [0.29, 0.717) is 34.7 Å². The summed E-state index contributed by atoms with van der Waals surface area (Å²) in [6, 6.07) is 2.39. The molecule has 0 aromatic heterocycles. The highest BCUT2D eigenvalue weighted by molar-refractivity contribution is 9.10. The molecule has 2 atom stereocenters. The maximum absolute atomic E-state index is 12.2. The molecule has 26 heavy (non-hydrogen) atoms. The normalized spacial score (nSPS) is 19.2. The number of benzene rings is 1. The molecule has 140 valence electrons. The Labute approximate surface area is 160 Å². The van der Waals surface area contributed by atoms with E-state index in [0.717, 1.165) is 0 Å². The van der Waals surface area contributed by atoms with Crippen molar-refractivity contribution in [2.75, 3.05) is 20.3 Å². The molecule has 1 saturated heterocycles. The van der Waals surface area contributed by atoms with Crippen LogP contribution in [-0.2, 0) is 9.53 Å². The maximum atomic E-state index is 12.2. The molecule has 0 spiro atoms. The topological polar surface area (TPSA) is 85.9 Å². The van der Waals surface area contributed by atoms with Gasteiger partial charge in [-0.3, -0.25) is 4.79 Å². The number of ether oxygens (including phenoxy) is 3. The lowest BCUT2D eigenvalue weighted by Gasteiger charge is -2.33. The van der Waals surface area contributed by atoms with Crippen molar-refractivity contribution in [2.45, 2.75) is 13.0 Å². The lowest BCUT2D eigenvalue weighted by Crippen LogP contribution is -2.51. The highest BCUT2D eigenvalue weighted by Crippen LogP contribution is 2.41. The average molecular weight is 425 g/mol. The molecule has 8 heteroatoms. The number of halogens is 1. The minimum Gasteiger partial charge on any atom is -0.490 e. The van der Waals surface area contributed by atoms with E-state index in [1.807, 2.05) is 6.92 Å². The quantitative estimate of drug-likeness (QED) is 0.518. The molecule has 2 amide bonds. The van der Waals surface area contributed by atoms with E-state index in [1.165, 1.54) is 7.11 Å². The first-order valence-electron chi connectivity index (χ1n) is 7.97. The first-order chi connectivity index (χ1) is 12.4. The van der Waals surface area contributed by atoms with E-state index in [4.69, 9.17) is 14.2 Å². The molecule has 1 aliphatic heterocycles. The van der Waals surface area contributed by atoms with Crippen LogP contribution >= 0.6 is 15.9 Å². The van der Waals surface area contributed by atoms with Crippen molar-refractivity contribution in [3.05, 3.63) is 47.1 Å². The Morgan fingerprint density at radius 2 is 2.12 bits per heavy atom. The van der Waals surface area contributed by atoms with Gasteiger partial charge in [0.2, 0.25) is 0 Å². The van der Waals surface area contributed by atoms with Crippen molar-refractivity contribution in [1.29, 1.82) is 0 Å². The van der Waals surface area contributed by atoms with Gasteiger partial charge < -0.3 is 24.8 Å². The van der Waals surface area contributed by atoms with Crippen molar-refractivity contribution in [2.24, 2.45) is 5.92 Å². The molecule has 1 aromatic carbocycles. The van der Waals surface area contributed by atoms with Crippen LogP contribution in [0.15, 0.2) is 41.5 Å². The third-order valence-electron chi connectivity index (χ3n) is 3.76. The SMILES string of the molecule is C=CCOc1c(Br)cc([C@@H]2NC(=O)NC(=C)[C@@H]2C(=O)OC)cc1OCC. The maximum Gasteiger partial charge on any atom is 0.319 e. The van der Waals surface area contributed by atoms with E-state index in [1.54, 1.807) is 18.2 Å². The van der Waals surface area contributed by atoms with Crippen LogP contribution in [0.5, 0.6) is 11.5 Å². The van der Waals surface area contributed by atoms with Gasteiger partial charge in [0.25, 0.3) is 0 Å². The summed E-state index contributed by atoms with van der Waals surface area (Å²) in [6.45, 7) is 9.99. The lowest BCUT2D eigenvalue weighted by atomic mass is 9.89. The molecule has 0 radical (unpaired) electrons. The summed E-state index contributed by atoms with van der Waals surface area (Å²) in [5.74, 6) is -0.280. The summed E-state index contributed by atoms with van der Waals surface area (Å²) < 4.78 is 16.8. The molecule has 2 rings (SSSR count). The van der Waals surface area contributed by atoms with Gasteiger partial charge in [-0.1, -0.05) is 19.2 Å². The van der Waals surface area contributed by atoms with E-state index in [-0.39, 0.29) is 5.70 Å². The van der Waals surface area contributed by atoms with Crippen LogP contribution in [0.25, 0.3) is 0 Å². The second-order valence-electron chi connectivity index (χ2n) is 5.46. The number of carbonyl (C=O) groups is 2. The number of carbonyl (C=O) groups excluding carboxylic acids is 2. The van der Waals surface area contributed by atoms with Gasteiger partial charge in [-0.2, -0.15) is 0 Å². The van der Waals surface area contributed by atoms with Crippen molar-refractivity contribution in [3.8, 4) is 11.5 Å². The minimum absolute atomic E-state index is 0.270. The number of methoxy groups -OCH3 is 1. The first-order valence-corrected chi connectivity index (χ1v) is 8.76. The molecule has 2 N–H and O–H groups in total. The Hall–Kier alpha value is -2.48.